The van der Waals surface area contributed by atoms with Crippen LogP contribution < -0.4 is 5.32 Å². The number of thiocarbonyl (C=S) groups is 1. The minimum absolute atomic E-state index is 0.185. The summed E-state index contributed by atoms with van der Waals surface area (Å²) < 4.78 is -1.57. The molecule has 0 amide bonds. The van der Waals surface area contributed by atoms with E-state index in [0.717, 1.165) is 16.8 Å². The van der Waals surface area contributed by atoms with Gasteiger partial charge in [-0.25, -0.2) is 0 Å². The van der Waals surface area contributed by atoms with Crippen molar-refractivity contribution in [2.75, 3.05) is 5.32 Å². The Morgan fingerprint density at radius 3 is 2.07 bits per heavy atom. The highest BCUT2D eigenvalue weighted by molar-refractivity contribution is 7.81. The number of rotatable bonds is 1. The zero-order valence-corrected chi connectivity index (χ0v) is 11.4. The summed E-state index contributed by atoms with van der Waals surface area (Å²) in [7, 11) is 0. The summed E-state index contributed by atoms with van der Waals surface area (Å²) in [6, 6.07) is 5.90. The van der Waals surface area contributed by atoms with Gasteiger partial charge in [0.15, 0.2) is 0 Å². The number of hydrogen-bond acceptors (Lipinski definition) is 1. The van der Waals surface area contributed by atoms with Crippen LogP contribution >= 0.6 is 47.0 Å². The molecule has 0 aromatic heterocycles. The first-order chi connectivity index (χ1) is 6.82. The van der Waals surface area contributed by atoms with E-state index in [0.29, 0.717) is 0 Å². The van der Waals surface area contributed by atoms with Crippen molar-refractivity contribution in [2.24, 2.45) is 0 Å². The Bertz CT molecular complexity index is 364. The Morgan fingerprint density at radius 1 is 1.20 bits per heavy atom. The molecule has 1 nitrogen and oxygen atoms in total. The van der Waals surface area contributed by atoms with Crippen LogP contribution in [0.4, 0.5) is 5.69 Å². The van der Waals surface area contributed by atoms with Gasteiger partial charge in [0.05, 0.1) is 0 Å². The van der Waals surface area contributed by atoms with Crippen molar-refractivity contribution in [1.29, 1.82) is 0 Å². The number of nitrogens with one attached hydrogen (secondary N) is 1. The molecule has 0 unspecified atom stereocenters. The molecule has 82 valence electrons. The van der Waals surface area contributed by atoms with E-state index in [1.165, 1.54) is 0 Å². The second-order valence-electron chi connectivity index (χ2n) is 3.22. The molecule has 0 fully saturated rings. The van der Waals surface area contributed by atoms with Crippen molar-refractivity contribution in [1.82, 2.24) is 0 Å². The molecule has 1 aromatic rings. The monoisotopic (exact) mass is 281 g/mol. The lowest BCUT2D eigenvalue weighted by Crippen LogP contribution is -2.25. The van der Waals surface area contributed by atoms with Crippen molar-refractivity contribution in [2.45, 2.75) is 17.6 Å². The number of hydrogen-bond donors (Lipinski definition) is 1. The van der Waals surface area contributed by atoms with Crippen molar-refractivity contribution in [3.05, 3.63) is 29.3 Å². The molecular formula is C10H10Cl3NS. The summed E-state index contributed by atoms with van der Waals surface area (Å²) in [5, 5.41) is 2.95. The second-order valence-corrected chi connectivity index (χ2v) is 5.91. The number of benzene rings is 1. The third kappa shape index (κ3) is 3.49. The van der Waals surface area contributed by atoms with E-state index in [1.807, 2.05) is 32.0 Å². The van der Waals surface area contributed by atoms with Crippen molar-refractivity contribution in [3.8, 4) is 0 Å². The lowest BCUT2D eigenvalue weighted by atomic mass is 10.1. The molecule has 0 heterocycles. The molecule has 15 heavy (non-hydrogen) atoms. The van der Waals surface area contributed by atoms with E-state index in [1.54, 1.807) is 0 Å². The van der Waals surface area contributed by atoms with Gasteiger partial charge in [0.25, 0.3) is 0 Å². The summed E-state index contributed by atoms with van der Waals surface area (Å²) in [5.74, 6) is 0. The van der Waals surface area contributed by atoms with Crippen LogP contribution in [-0.2, 0) is 0 Å². The molecule has 5 heteroatoms. The van der Waals surface area contributed by atoms with Crippen LogP contribution in [0, 0.1) is 13.8 Å². The molecular weight excluding hydrogens is 273 g/mol. The normalized spacial score (nSPS) is 11.3. The molecule has 0 atom stereocenters. The molecule has 0 radical (unpaired) electrons. The van der Waals surface area contributed by atoms with Gasteiger partial charge in [0.2, 0.25) is 3.79 Å². The fraction of sp³-hybridized carbons (Fsp3) is 0.300. The molecule has 0 aliphatic carbocycles. The molecule has 0 aliphatic rings. The summed E-state index contributed by atoms with van der Waals surface area (Å²) >= 11 is 22.0. The maximum Gasteiger partial charge on any atom is 0.240 e. The summed E-state index contributed by atoms with van der Waals surface area (Å²) in [4.78, 5) is 0.185. The van der Waals surface area contributed by atoms with Crippen LogP contribution in [0.1, 0.15) is 11.1 Å². The van der Waals surface area contributed by atoms with Crippen LogP contribution in [0.3, 0.4) is 0 Å². The summed E-state index contributed by atoms with van der Waals surface area (Å²) in [5.41, 5.74) is 3.02. The van der Waals surface area contributed by atoms with E-state index in [2.05, 4.69) is 5.32 Å². The van der Waals surface area contributed by atoms with Gasteiger partial charge in [-0.15, -0.1) is 0 Å². The maximum absolute atomic E-state index is 5.67. The van der Waals surface area contributed by atoms with Gasteiger partial charge in [-0.1, -0.05) is 65.2 Å². The first-order valence-electron chi connectivity index (χ1n) is 4.27. The van der Waals surface area contributed by atoms with Crippen molar-refractivity contribution >= 4 is 57.7 Å². The minimum Gasteiger partial charge on any atom is -0.346 e. The van der Waals surface area contributed by atoms with Crippen LogP contribution in [0.5, 0.6) is 0 Å². The molecule has 1 rings (SSSR count). The average molecular weight is 283 g/mol. The molecule has 0 bridgehead atoms. The Kier molecular flexibility index (Phi) is 4.24. The van der Waals surface area contributed by atoms with Gasteiger partial charge in [-0.05, 0) is 25.0 Å². The van der Waals surface area contributed by atoms with E-state index in [9.17, 15) is 0 Å². The summed E-state index contributed by atoms with van der Waals surface area (Å²) in [6.45, 7) is 3.94. The first-order valence-corrected chi connectivity index (χ1v) is 5.81. The molecule has 0 aliphatic heterocycles. The van der Waals surface area contributed by atoms with E-state index in [4.69, 9.17) is 47.0 Å². The quantitative estimate of drug-likeness (QED) is 0.605. The zero-order valence-electron chi connectivity index (χ0n) is 8.27. The highest BCUT2D eigenvalue weighted by atomic mass is 35.6. The Labute approximate surface area is 110 Å². The SMILES string of the molecule is Cc1cccc(C)c1NC(=S)C(Cl)(Cl)Cl. The van der Waals surface area contributed by atoms with Gasteiger partial charge in [-0.2, -0.15) is 0 Å². The van der Waals surface area contributed by atoms with Gasteiger partial charge in [-0.3, -0.25) is 0 Å². The lowest BCUT2D eigenvalue weighted by Gasteiger charge is -2.17. The molecule has 0 spiro atoms. The van der Waals surface area contributed by atoms with Crippen molar-refractivity contribution < 1.29 is 0 Å². The number of halogens is 3. The standard InChI is InChI=1S/C10H10Cl3NS/c1-6-4-3-5-7(2)8(6)14-9(15)10(11,12)13/h3-5H,1-2H3,(H,14,15). The van der Waals surface area contributed by atoms with Gasteiger partial charge in [0, 0.05) is 5.69 Å². The average Bonchev–Trinajstić information content (AvgIpc) is 2.09. The van der Waals surface area contributed by atoms with E-state index in [-0.39, 0.29) is 4.99 Å². The molecule has 1 N–H and O–H groups in total. The number of aryl methyl sites for hydroxylation is 2. The lowest BCUT2D eigenvalue weighted by molar-refractivity contribution is 1.37. The largest absolute Gasteiger partial charge is 0.346 e. The predicted molar refractivity (Wildman–Crippen MR) is 72.4 cm³/mol. The van der Waals surface area contributed by atoms with Crippen LogP contribution in [-0.4, -0.2) is 8.78 Å². The molecule has 1 aromatic carbocycles. The predicted octanol–water partition coefficient (Wildman–Crippen LogP) is 4.41. The smallest absolute Gasteiger partial charge is 0.240 e. The third-order valence-electron chi connectivity index (χ3n) is 1.98. The topological polar surface area (TPSA) is 12.0 Å². The second kappa shape index (κ2) is 4.88. The highest BCUT2D eigenvalue weighted by Crippen LogP contribution is 2.30. The van der Waals surface area contributed by atoms with Gasteiger partial charge < -0.3 is 5.32 Å². The first kappa shape index (κ1) is 13.0. The maximum atomic E-state index is 5.67. The Hall–Kier alpha value is -0.0200. The van der Waals surface area contributed by atoms with Crippen LogP contribution in [0.15, 0.2) is 18.2 Å². The third-order valence-corrected chi connectivity index (χ3v) is 3.29. The van der Waals surface area contributed by atoms with E-state index >= 15 is 0 Å². The fourth-order valence-corrected chi connectivity index (χ4v) is 1.44. The number of para-hydroxylation sites is 1. The fourth-order valence-electron chi connectivity index (χ4n) is 1.20. The Morgan fingerprint density at radius 2 is 1.67 bits per heavy atom. The number of alkyl halides is 3. The van der Waals surface area contributed by atoms with Gasteiger partial charge in [0.1, 0.15) is 4.99 Å². The van der Waals surface area contributed by atoms with E-state index < -0.39 is 3.79 Å². The highest BCUT2D eigenvalue weighted by Gasteiger charge is 2.26. The summed E-state index contributed by atoms with van der Waals surface area (Å²) in [6.07, 6.45) is 0. The zero-order chi connectivity index (χ0) is 11.6. The minimum atomic E-state index is -1.57. The molecule has 0 saturated heterocycles. The Balaban J connectivity index is 2.95. The van der Waals surface area contributed by atoms with Gasteiger partial charge >= 0.3 is 0 Å². The number of anilines is 1. The van der Waals surface area contributed by atoms with Crippen LogP contribution in [0.2, 0.25) is 0 Å². The molecule has 0 saturated carbocycles. The van der Waals surface area contributed by atoms with Crippen LogP contribution in [0.25, 0.3) is 0 Å². The van der Waals surface area contributed by atoms with Crippen molar-refractivity contribution in [3.63, 3.8) is 0 Å².